The van der Waals surface area contributed by atoms with Gasteiger partial charge in [-0.05, 0) is 25.0 Å². The molecule has 0 atom stereocenters. The van der Waals surface area contributed by atoms with Crippen molar-refractivity contribution in [3.63, 3.8) is 0 Å². The Morgan fingerprint density at radius 3 is 2.04 bits per heavy atom. The molecule has 0 radical (unpaired) electrons. The van der Waals surface area contributed by atoms with Crippen molar-refractivity contribution < 1.29 is 4.42 Å². The molecule has 0 unspecified atom stereocenters. The fourth-order valence-corrected chi connectivity index (χ4v) is 3.17. The summed E-state index contributed by atoms with van der Waals surface area (Å²) in [6.07, 6.45) is 2.39. The summed E-state index contributed by atoms with van der Waals surface area (Å²) in [5, 5.41) is 8.47. The maximum Gasteiger partial charge on any atom is 0.318 e. The summed E-state index contributed by atoms with van der Waals surface area (Å²) in [4.78, 5) is 4.82. The summed E-state index contributed by atoms with van der Waals surface area (Å²) in [7, 11) is 0. The molecule has 5 heteroatoms. The quantitative estimate of drug-likeness (QED) is 0.745. The van der Waals surface area contributed by atoms with Crippen LogP contribution in [0.4, 0.5) is 6.01 Å². The number of fused-ring (bicyclic) bond motifs is 4. The number of aromatic nitrogens is 2. The highest BCUT2D eigenvalue weighted by molar-refractivity contribution is 5.53. The van der Waals surface area contributed by atoms with E-state index < -0.39 is 0 Å². The molecule has 146 valence electrons. The average Bonchev–Trinajstić information content (AvgIpc) is 3.05. The van der Waals surface area contributed by atoms with Gasteiger partial charge in [0, 0.05) is 37.8 Å². The molecular weight excluding hydrogens is 324 g/mol. The van der Waals surface area contributed by atoms with E-state index in [0.717, 1.165) is 18.7 Å². The van der Waals surface area contributed by atoms with E-state index in [1.54, 1.807) is 0 Å². The minimum Gasteiger partial charge on any atom is -0.403 e. The molecule has 0 amide bonds. The lowest BCUT2D eigenvalue weighted by atomic mass is 10.1. The molecule has 3 aliphatic rings. The van der Waals surface area contributed by atoms with Gasteiger partial charge in [-0.15, -0.1) is 5.10 Å². The molecule has 0 saturated carbocycles. The van der Waals surface area contributed by atoms with E-state index in [-0.39, 0.29) is 0 Å². The highest BCUT2D eigenvalue weighted by atomic mass is 16.4. The van der Waals surface area contributed by atoms with Crippen LogP contribution in [0.5, 0.6) is 0 Å². The van der Waals surface area contributed by atoms with Crippen LogP contribution in [0.3, 0.4) is 0 Å². The third-order valence-electron chi connectivity index (χ3n) is 4.34. The standard InChI is InChI=1S/C15H18N4O.3C2H6/c1-2-4-12(5-3-1)14-16-17-15(20-14)19-11-10-18-8-6-13(19)7-9-18;3*1-2/h1-5,13H,6-11H2;3*1-2H3. The molecule has 3 aliphatic heterocycles. The zero-order valence-corrected chi connectivity index (χ0v) is 17.4. The minimum absolute atomic E-state index is 0.554. The number of rotatable bonds is 2. The molecule has 1 aromatic heterocycles. The minimum atomic E-state index is 0.554. The van der Waals surface area contributed by atoms with Gasteiger partial charge in [0.05, 0.1) is 0 Å². The van der Waals surface area contributed by atoms with Gasteiger partial charge in [-0.3, -0.25) is 0 Å². The van der Waals surface area contributed by atoms with Gasteiger partial charge in [-0.25, -0.2) is 0 Å². The van der Waals surface area contributed by atoms with Gasteiger partial charge in [-0.1, -0.05) is 64.8 Å². The Morgan fingerprint density at radius 1 is 0.808 bits per heavy atom. The van der Waals surface area contributed by atoms with Crippen LogP contribution in [0, 0.1) is 0 Å². The van der Waals surface area contributed by atoms with Crippen LogP contribution in [0.25, 0.3) is 11.5 Å². The highest BCUT2D eigenvalue weighted by Crippen LogP contribution is 2.28. The van der Waals surface area contributed by atoms with Crippen molar-refractivity contribution in [2.24, 2.45) is 0 Å². The Bertz CT molecular complexity index is 577. The second kappa shape index (κ2) is 12.5. The van der Waals surface area contributed by atoms with Crippen molar-refractivity contribution in [2.75, 3.05) is 31.1 Å². The fourth-order valence-electron chi connectivity index (χ4n) is 3.17. The van der Waals surface area contributed by atoms with Gasteiger partial charge in [0.1, 0.15) is 0 Å². The Morgan fingerprint density at radius 2 is 1.42 bits per heavy atom. The second-order valence-corrected chi connectivity index (χ2v) is 5.52. The Kier molecular flexibility index (Phi) is 10.6. The van der Waals surface area contributed by atoms with Crippen molar-refractivity contribution in [1.82, 2.24) is 15.1 Å². The number of benzene rings is 1. The lowest BCUT2D eigenvalue weighted by molar-refractivity contribution is 0.249. The maximum atomic E-state index is 5.90. The van der Waals surface area contributed by atoms with E-state index in [1.807, 2.05) is 71.9 Å². The average molecular weight is 361 g/mol. The van der Waals surface area contributed by atoms with Crippen molar-refractivity contribution >= 4 is 6.01 Å². The van der Waals surface area contributed by atoms with Crippen molar-refractivity contribution in [1.29, 1.82) is 0 Å². The number of hydrogen-bond acceptors (Lipinski definition) is 5. The summed E-state index contributed by atoms with van der Waals surface area (Å²) < 4.78 is 5.90. The van der Waals surface area contributed by atoms with Gasteiger partial charge in [-0.2, -0.15) is 0 Å². The Balaban J connectivity index is 0.000000515. The monoisotopic (exact) mass is 360 g/mol. The predicted molar refractivity (Wildman–Crippen MR) is 111 cm³/mol. The lowest BCUT2D eigenvalue weighted by Crippen LogP contribution is -2.38. The summed E-state index contributed by atoms with van der Waals surface area (Å²) >= 11 is 0. The van der Waals surface area contributed by atoms with Crippen LogP contribution in [-0.4, -0.2) is 47.3 Å². The van der Waals surface area contributed by atoms with Crippen LogP contribution in [-0.2, 0) is 0 Å². The molecule has 0 N–H and O–H groups in total. The van der Waals surface area contributed by atoms with Gasteiger partial charge >= 0.3 is 6.01 Å². The van der Waals surface area contributed by atoms with Crippen molar-refractivity contribution in [2.45, 2.75) is 60.4 Å². The van der Waals surface area contributed by atoms with Crippen molar-refractivity contribution in [3.05, 3.63) is 30.3 Å². The predicted octanol–water partition coefficient (Wildman–Crippen LogP) is 5.10. The topological polar surface area (TPSA) is 45.4 Å². The van der Waals surface area contributed by atoms with E-state index in [4.69, 9.17) is 4.42 Å². The largest absolute Gasteiger partial charge is 0.403 e. The third kappa shape index (κ3) is 5.56. The first-order valence-electron chi connectivity index (χ1n) is 10.3. The van der Waals surface area contributed by atoms with Gasteiger partial charge < -0.3 is 14.2 Å². The summed E-state index contributed by atoms with van der Waals surface area (Å²) in [5.41, 5.74) is 0.981. The molecule has 0 aliphatic carbocycles. The normalized spacial score (nSPS) is 20.5. The van der Waals surface area contributed by atoms with E-state index >= 15 is 0 Å². The Hall–Kier alpha value is -1.88. The van der Waals surface area contributed by atoms with Crippen LogP contribution in [0.1, 0.15) is 54.4 Å². The lowest BCUT2D eigenvalue weighted by Gasteiger charge is -2.29. The first-order chi connectivity index (χ1) is 12.9. The van der Waals surface area contributed by atoms with E-state index in [2.05, 4.69) is 20.0 Å². The molecule has 0 spiro atoms. The number of hydrogen-bond donors (Lipinski definition) is 0. The molecule has 3 fully saturated rings. The van der Waals surface area contributed by atoms with Crippen LogP contribution < -0.4 is 4.90 Å². The maximum absolute atomic E-state index is 5.90. The van der Waals surface area contributed by atoms with Gasteiger partial charge in [0.25, 0.3) is 0 Å². The SMILES string of the molecule is CC.CC.CC.c1ccc(-c2nnc(N3CCN4CCC3CC4)o2)cc1. The highest BCUT2D eigenvalue weighted by Gasteiger charge is 2.31. The third-order valence-corrected chi connectivity index (χ3v) is 4.34. The Labute approximate surface area is 159 Å². The van der Waals surface area contributed by atoms with Gasteiger partial charge in [0.15, 0.2) is 0 Å². The molecule has 1 aromatic carbocycles. The van der Waals surface area contributed by atoms with Crippen LogP contribution >= 0.6 is 0 Å². The number of piperidine rings is 1. The zero-order chi connectivity index (χ0) is 19.4. The molecule has 2 bridgehead atoms. The smallest absolute Gasteiger partial charge is 0.318 e. The second-order valence-electron chi connectivity index (χ2n) is 5.52. The molecular formula is C21H36N4O. The first kappa shape index (κ1) is 22.2. The van der Waals surface area contributed by atoms with E-state index in [0.29, 0.717) is 17.9 Å². The van der Waals surface area contributed by atoms with Crippen molar-refractivity contribution in [3.8, 4) is 11.5 Å². The van der Waals surface area contributed by atoms with Crippen LogP contribution in [0.2, 0.25) is 0 Å². The molecule has 5 nitrogen and oxygen atoms in total. The summed E-state index contributed by atoms with van der Waals surface area (Å²) in [5.74, 6) is 0.611. The van der Waals surface area contributed by atoms with Gasteiger partial charge in [0.2, 0.25) is 5.89 Å². The molecule has 26 heavy (non-hydrogen) atoms. The first-order valence-corrected chi connectivity index (χ1v) is 10.3. The zero-order valence-electron chi connectivity index (χ0n) is 17.4. The summed E-state index contributed by atoms with van der Waals surface area (Å²) in [6, 6.07) is 11.2. The molecule has 3 saturated heterocycles. The van der Waals surface area contributed by atoms with E-state index in [9.17, 15) is 0 Å². The molecule has 5 rings (SSSR count). The van der Waals surface area contributed by atoms with E-state index in [1.165, 1.54) is 25.9 Å². The van der Waals surface area contributed by atoms with Crippen LogP contribution in [0.15, 0.2) is 34.7 Å². The fraction of sp³-hybridized carbons (Fsp3) is 0.619. The summed E-state index contributed by atoms with van der Waals surface area (Å²) in [6.45, 7) is 16.5. The number of anilines is 1. The molecule has 4 heterocycles. The number of nitrogens with zero attached hydrogens (tertiary/aromatic N) is 4. The molecule has 2 aromatic rings.